The zero-order valence-corrected chi connectivity index (χ0v) is 14.6. The normalized spacial score (nSPS) is 10.6. The highest BCUT2D eigenvalue weighted by molar-refractivity contribution is 7.13. The second-order valence-corrected chi connectivity index (χ2v) is 6.29. The van der Waals surface area contributed by atoms with Crippen LogP contribution in [0.1, 0.15) is 12.6 Å². The molecule has 0 fully saturated rings. The van der Waals surface area contributed by atoms with Crippen molar-refractivity contribution < 1.29 is 14.3 Å². The lowest BCUT2D eigenvalue weighted by Crippen LogP contribution is -2.31. The van der Waals surface area contributed by atoms with Crippen LogP contribution in [0.3, 0.4) is 0 Å². The molecule has 1 heterocycles. The molecule has 5 nitrogen and oxygen atoms in total. The standard InChI is InChI=1S/C19H18N2O3S/c1-2-24-18(23)11-20-17(22)10-14-12-25-19(21-14)16-9-5-7-13-6-3-4-8-15(13)16/h3-9,12H,2,10-11H2,1H3,(H,20,22). The van der Waals surface area contributed by atoms with Crippen LogP contribution in [-0.2, 0) is 20.7 Å². The van der Waals surface area contributed by atoms with Crippen LogP contribution < -0.4 is 5.32 Å². The van der Waals surface area contributed by atoms with Gasteiger partial charge in [0.05, 0.1) is 18.7 Å². The number of ether oxygens (including phenoxy) is 1. The number of aromatic nitrogens is 1. The Morgan fingerprint density at radius 2 is 1.96 bits per heavy atom. The molecule has 0 spiro atoms. The van der Waals surface area contributed by atoms with E-state index in [2.05, 4.69) is 28.5 Å². The van der Waals surface area contributed by atoms with Gasteiger partial charge in [-0.25, -0.2) is 4.98 Å². The van der Waals surface area contributed by atoms with Crippen molar-refractivity contribution in [2.24, 2.45) is 0 Å². The van der Waals surface area contributed by atoms with Crippen LogP contribution in [0.5, 0.6) is 0 Å². The fourth-order valence-corrected chi connectivity index (χ4v) is 3.39. The van der Waals surface area contributed by atoms with Crippen molar-refractivity contribution in [1.82, 2.24) is 10.3 Å². The summed E-state index contributed by atoms with van der Waals surface area (Å²) >= 11 is 1.51. The molecule has 128 valence electrons. The number of hydrogen-bond acceptors (Lipinski definition) is 5. The molecular formula is C19H18N2O3S. The minimum Gasteiger partial charge on any atom is -0.465 e. The molecule has 0 aliphatic carbocycles. The van der Waals surface area contributed by atoms with Gasteiger partial charge in [0.1, 0.15) is 11.6 Å². The van der Waals surface area contributed by atoms with E-state index in [0.717, 1.165) is 21.3 Å². The van der Waals surface area contributed by atoms with Gasteiger partial charge in [0.2, 0.25) is 5.91 Å². The monoisotopic (exact) mass is 354 g/mol. The van der Waals surface area contributed by atoms with Crippen LogP contribution in [0.15, 0.2) is 47.8 Å². The highest BCUT2D eigenvalue weighted by Crippen LogP contribution is 2.30. The molecule has 1 N–H and O–H groups in total. The zero-order valence-electron chi connectivity index (χ0n) is 13.8. The molecule has 0 radical (unpaired) electrons. The number of nitrogens with one attached hydrogen (secondary N) is 1. The van der Waals surface area contributed by atoms with Gasteiger partial charge in [0.15, 0.2) is 0 Å². The first-order chi connectivity index (χ1) is 12.2. The van der Waals surface area contributed by atoms with Crippen LogP contribution >= 0.6 is 11.3 Å². The Labute approximate surface area is 149 Å². The molecule has 0 bridgehead atoms. The minimum atomic E-state index is -0.439. The molecule has 3 rings (SSSR count). The largest absolute Gasteiger partial charge is 0.465 e. The average Bonchev–Trinajstić information content (AvgIpc) is 3.08. The predicted molar refractivity (Wildman–Crippen MR) is 98.4 cm³/mol. The number of fused-ring (bicyclic) bond motifs is 1. The summed E-state index contributed by atoms with van der Waals surface area (Å²) in [5, 5.41) is 7.59. The zero-order chi connectivity index (χ0) is 17.6. The van der Waals surface area contributed by atoms with Gasteiger partial charge >= 0.3 is 5.97 Å². The fourth-order valence-electron chi connectivity index (χ4n) is 2.53. The Kier molecular flexibility index (Phi) is 5.40. The molecule has 0 unspecified atom stereocenters. The third-order valence-electron chi connectivity index (χ3n) is 3.65. The van der Waals surface area contributed by atoms with Gasteiger partial charge < -0.3 is 10.1 Å². The van der Waals surface area contributed by atoms with Crippen LogP contribution in [-0.4, -0.2) is 30.0 Å². The second kappa shape index (κ2) is 7.90. The maximum atomic E-state index is 11.9. The molecule has 25 heavy (non-hydrogen) atoms. The highest BCUT2D eigenvalue weighted by atomic mass is 32.1. The molecule has 0 aliphatic heterocycles. The SMILES string of the molecule is CCOC(=O)CNC(=O)Cc1csc(-c2cccc3ccccc23)n1. The lowest BCUT2D eigenvalue weighted by molar-refractivity contribution is -0.143. The summed E-state index contributed by atoms with van der Waals surface area (Å²) in [7, 11) is 0. The molecule has 2 aromatic carbocycles. The van der Waals surface area contributed by atoms with Gasteiger partial charge in [-0.1, -0.05) is 42.5 Å². The van der Waals surface area contributed by atoms with E-state index >= 15 is 0 Å². The van der Waals surface area contributed by atoms with Crippen LogP contribution in [0.2, 0.25) is 0 Å². The molecule has 0 atom stereocenters. The van der Waals surface area contributed by atoms with E-state index in [9.17, 15) is 9.59 Å². The Hall–Kier alpha value is -2.73. The Balaban J connectivity index is 1.70. The van der Waals surface area contributed by atoms with Gasteiger partial charge in [-0.05, 0) is 17.7 Å². The summed E-state index contributed by atoms with van der Waals surface area (Å²) < 4.78 is 4.78. The molecule has 1 aromatic heterocycles. The molecule has 0 saturated carbocycles. The van der Waals surface area contributed by atoms with Crippen molar-refractivity contribution in [1.29, 1.82) is 0 Å². The molecule has 3 aromatic rings. The molecule has 0 saturated heterocycles. The second-order valence-electron chi connectivity index (χ2n) is 5.43. The predicted octanol–water partition coefficient (Wildman–Crippen LogP) is 3.19. The number of amides is 1. The van der Waals surface area contributed by atoms with Crippen molar-refractivity contribution in [3.8, 4) is 10.6 Å². The fraction of sp³-hybridized carbons (Fsp3) is 0.211. The summed E-state index contributed by atoms with van der Waals surface area (Å²) in [4.78, 5) is 27.8. The quantitative estimate of drug-likeness (QED) is 0.690. The van der Waals surface area contributed by atoms with Gasteiger partial charge in [-0.3, -0.25) is 9.59 Å². The lowest BCUT2D eigenvalue weighted by Gasteiger charge is -2.04. The summed E-state index contributed by atoms with van der Waals surface area (Å²) in [5.74, 6) is -0.687. The maximum absolute atomic E-state index is 11.9. The summed E-state index contributed by atoms with van der Waals surface area (Å²) in [6, 6.07) is 14.2. The minimum absolute atomic E-state index is 0.118. The van der Waals surface area contributed by atoms with Gasteiger partial charge in [-0.15, -0.1) is 11.3 Å². The number of esters is 1. The average molecular weight is 354 g/mol. The van der Waals surface area contributed by atoms with E-state index in [1.54, 1.807) is 6.92 Å². The van der Waals surface area contributed by atoms with Crippen molar-refractivity contribution in [3.05, 3.63) is 53.5 Å². The van der Waals surface area contributed by atoms with E-state index < -0.39 is 5.97 Å². The summed E-state index contributed by atoms with van der Waals surface area (Å²) in [5.41, 5.74) is 1.75. The van der Waals surface area contributed by atoms with Crippen LogP contribution in [0.25, 0.3) is 21.3 Å². The van der Waals surface area contributed by atoms with Crippen molar-refractivity contribution >= 4 is 34.0 Å². The number of hydrogen-bond donors (Lipinski definition) is 1. The number of carbonyl (C=O) groups is 2. The number of carbonyl (C=O) groups excluding carboxylic acids is 2. The molecule has 0 aliphatic rings. The van der Waals surface area contributed by atoms with E-state index in [4.69, 9.17) is 4.74 Å². The number of rotatable bonds is 6. The Morgan fingerprint density at radius 1 is 1.16 bits per heavy atom. The van der Waals surface area contributed by atoms with E-state index in [1.807, 2.05) is 29.6 Å². The van der Waals surface area contributed by atoms with Crippen molar-refractivity contribution in [3.63, 3.8) is 0 Å². The molecule has 1 amide bonds. The van der Waals surface area contributed by atoms with E-state index in [0.29, 0.717) is 12.3 Å². The highest BCUT2D eigenvalue weighted by Gasteiger charge is 2.12. The number of benzene rings is 2. The Bertz CT molecular complexity index is 899. The third kappa shape index (κ3) is 4.22. The van der Waals surface area contributed by atoms with Gasteiger partial charge in [-0.2, -0.15) is 0 Å². The summed E-state index contributed by atoms with van der Waals surface area (Å²) in [6.07, 6.45) is 0.140. The molecular weight excluding hydrogens is 336 g/mol. The number of thiazole rings is 1. The lowest BCUT2D eigenvalue weighted by atomic mass is 10.1. The van der Waals surface area contributed by atoms with Gasteiger partial charge in [0.25, 0.3) is 0 Å². The Morgan fingerprint density at radius 3 is 2.80 bits per heavy atom. The van der Waals surface area contributed by atoms with Crippen molar-refractivity contribution in [2.75, 3.05) is 13.2 Å². The number of nitrogens with zero attached hydrogens (tertiary/aromatic N) is 1. The van der Waals surface area contributed by atoms with Crippen molar-refractivity contribution in [2.45, 2.75) is 13.3 Å². The smallest absolute Gasteiger partial charge is 0.325 e. The van der Waals surface area contributed by atoms with Gasteiger partial charge in [0, 0.05) is 10.9 Å². The summed E-state index contributed by atoms with van der Waals surface area (Å²) in [6.45, 7) is 1.91. The first kappa shape index (κ1) is 17.1. The topological polar surface area (TPSA) is 68.3 Å². The van der Waals surface area contributed by atoms with E-state index in [-0.39, 0.29) is 18.9 Å². The molecule has 6 heteroatoms. The first-order valence-corrected chi connectivity index (χ1v) is 8.90. The van der Waals surface area contributed by atoms with Crippen LogP contribution in [0, 0.1) is 0 Å². The first-order valence-electron chi connectivity index (χ1n) is 8.02. The third-order valence-corrected chi connectivity index (χ3v) is 4.57. The van der Waals surface area contributed by atoms with E-state index in [1.165, 1.54) is 11.3 Å². The maximum Gasteiger partial charge on any atom is 0.325 e. The van der Waals surface area contributed by atoms with Crippen LogP contribution in [0.4, 0.5) is 0 Å².